The lowest BCUT2D eigenvalue weighted by Gasteiger charge is -2.21. The van der Waals surface area contributed by atoms with E-state index in [1.54, 1.807) is 37.4 Å². The van der Waals surface area contributed by atoms with Gasteiger partial charge in [-0.3, -0.25) is 9.59 Å². The van der Waals surface area contributed by atoms with Crippen LogP contribution in [-0.4, -0.2) is 23.8 Å². The fraction of sp³-hybridized carbons (Fsp3) is 0.176. The maximum absolute atomic E-state index is 12.5. The van der Waals surface area contributed by atoms with Gasteiger partial charge in [-0.1, -0.05) is 28.1 Å². The molecular formula is C17H13BrINO3. The van der Waals surface area contributed by atoms with Crippen molar-refractivity contribution in [1.82, 2.24) is 0 Å². The number of carbonyl (C=O) groups is 2. The first-order valence-electron chi connectivity index (χ1n) is 6.92. The van der Waals surface area contributed by atoms with Crippen molar-refractivity contribution in [3.8, 4) is 0 Å². The minimum Gasteiger partial charge on any atom is -0.375 e. The Balaban J connectivity index is 1.98. The van der Waals surface area contributed by atoms with Crippen LogP contribution in [0.4, 0.5) is 5.69 Å². The van der Waals surface area contributed by atoms with Gasteiger partial charge in [0.1, 0.15) is 0 Å². The molecule has 1 heterocycles. The van der Waals surface area contributed by atoms with Gasteiger partial charge in [0, 0.05) is 26.2 Å². The molecule has 1 N–H and O–H groups in total. The van der Waals surface area contributed by atoms with Crippen LogP contribution in [0, 0.1) is 3.57 Å². The van der Waals surface area contributed by atoms with E-state index < -0.39 is 11.5 Å². The quantitative estimate of drug-likeness (QED) is 0.534. The number of fused-ring (bicyclic) bond motifs is 1. The number of amides is 1. The molecule has 0 aromatic heterocycles. The van der Waals surface area contributed by atoms with Crippen LogP contribution >= 0.6 is 38.5 Å². The number of ketones is 1. The van der Waals surface area contributed by atoms with Gasteiger partial charge in [-0.05, 0) is 52.9 Å². The average molecular weight is 486 g/mol. The first kappa shape index (κ1) is 16.6. The van der Waals surface area contributed by atoms with E-state index in [0.717, 1.165) is 8.04 Å². The number of Topliss-reactive ketones (excluding diaryl/α,β-unsaturated/α-hetero) is 1. The molecule has 0 radical (unpaired) electrons. The number of hydrogen-bond acceptors (Lipinski definition) is 3. The standard InChI is InChI=1S/C17H13BrINO3/c1-20-14-7-4-11(18)8-13(14)17(23,16(20)22)9-15(21)10-2-5-12(19)6-3-10/h2-8,23H,9H2,1H3/t17-/m0/s1. The monoisotopic (exact) mass is 485 g/mol. The van der Waals surface area contributed by atoms with Crippen LogP contribution in [0.5, 0.6) is 0 Å². The SMILES string of the molecule is CN1C(=O)[C@](O)(CC(=O)c2ccc(I)cc2)c2cc(Br)ccc21. The van der Waals surface area contributed by atoms with Crippen LogP contribution < -0.4 is 4.90 Å². The van der Waals surface area contributed by atoms with Crippen LogP contribution in [0.2, 0.25) is 0 Å². The van der Waals surface area contributed by atoms with E-state index in [2.05, 4.69) is 38.5 Å². The zero-order valence-corrected chi connectivity index (χ0v) is 16.0. The largest absolute Gasteiger partial charge is 0.375 e. The summed E-state index contributed by atoms with van der Waals surface area (Å²) >= 11 is 5.50. The molecule has 118 valence electrons. The third-order valence-corrected chi connectivity index (χ3v) is 5.22. The van der Waals surface area contributed by atoms with Crippen LogP contribution in [-0.2, 0) is 10.4 Å². The van der Waals surface area contributed by atoms with Crippen LogP contribution in [0.15, 0.2) is 46.9 Å². The molecule has 1 atom stereocenters. The Morgan fingerprint density at radius 1 is 1.26 bits per heavy atom. The summed E-state index contributed by atoms with van der Waals surface area (Å²) in [6.45, 7) is 0. The van der Waals surface area contributed by atoms with Gasteiger partial charge in [-0.25, -0.2) is 0 Å². The molecule has 6 heteroatoms. The van der Waals surface area contributed by atoms with Crippen molar-refractivity contribution in [2.45, 2.75) is 12.0 Å². The highest BCUT2D eigenvalue weighted by Crippen LogP contribution is 2.43. The molecule has 1 aliphatic rings. The number of nitrogens with zero attached hydrogens (tertiary/aromatic N) is 1. The van der Waals surface area contributed by atoms with E-state index in [1.165, 1.54) is 4.90 Å². The van der Waals surface area contributed by atoms with Crippen molar-refractivity contribution in [1.29, 1.82) is 0 Å². The van der Waals surface area contributed by atoms with Crippen molar-refractivity contribution >= 4 is 55.9 Å². The maximum Gasteiger partial charge on any atom is 0.263 e. The predicted octanol–water partition coefficient (Wildman–Crippen LogP) is 3.49. The Kier molecular flexibility index (Phi) is 4.33. The van der Waals surface area contributed by atoms with E-state index >= 15 is 0 Å². The predicted molar refractivity (Wildman–Crippen MR) is 99.6 cm³/mol. The Bertz CT molecular complexity index is 806. The summed E-state index contributed by atoms with van der Waals surface area (Å²) in [6, 6.07) is 12.3. The van der Waals surface area contributed by atoms with Crippen LogP contribution in [0.3, 0.4) is 0 Å². The molecule has 23 heavy (non-hydrogen) atoms. The highest BCUT2D eigenvalue weighted by molar-refractivity contribution is 14.1. The Labute approximate surface area is 155 Å². The second kappa shape index (κ2) is 5.99. The fourth-order valence-corrected chi connectivity index (χ4v) is 3.50. The summed E-state index contributed by atoms with van der Waals surface area (Å²) in [4.78, 5) is 26.4. The minimum atomic E-state index is -1.83. The van der Waals surface area contributed by atoms with E-state index in [-0.39, 0.29) is 12.2 Å². The van der Waals surface area contributed by atoms with Crippen LogP contribution in [0.1, 0.15) is 22.3 Å². The molecule has 2 aromatic rings. The van der Waals surface area contributed by atoms with E-state index in [4.69, 9.17) is 0 Å². The lowest BCUT2D eigenvalue weighted by molar-refractivity contribution is -0.135. The zero-order chi connectivity index (χ0) is 16.8. The highest BCUT2D eigenvalue weighted by Gasteiger charge is 2.49. The number of halogens is 2. The molecular weight excluding hydrogens is 473 g/mol. The summed E-state index contributed by atoms with van der Waals surface area (Å²) in [6.07, 6.45) is -0.278. The van der Waals surface area contributed by atoms with Gasteiger partial charge in [0.25, 0.3) is 5.91 Å². The molecule has 1 amide bonds. The third kappa shape index (κ3) is 2.83. The molecule has 1 aliphatic heterocycles. The van der Waals surface area contributed by atoms with Gasteiger partial charge < -0.3 is 10.0 Å². The number of anilines is 1. The van der Waals surface area contributed by atoms with Gasteiger partial charge in [0.05, 0.1) is 12.1 Å². The minimum absolute atomic E-state index is 0.265. The molecule has 4 nitrogen and oxygen atoms in total. The number of hydrogen-bond donors (Lipinski definition) is 1. The smallest absolute Gasteiger partial charge is 0.263 e. The van der Waals surface area contributed by atoms with Gasteiger partial charge in [0.2, 0.25) is 0 Å². The fourth-order valence-electron chi connectivity index (χ4n) is 2.78. The van der Waals surface area contributed by atoms with Gasteiger partial charge >= 0.3 is 0 Å². The Hall–Kier alpha value is -1.25. The molecule has 0 saturated carbocycles. The first-order chi connectivity index (χ1) is 10.8. The van der Waals surface area contributed by atoms with Crippen molar-refractivity contribution in [2.24, 2.45) is 0 Å². The lowest BCUT2D eigenvalue weighted by Crippen LogP contribution is -2.40. The Morgan fingerprint density at radius 3 is 2.57 bits per heavy atom. The highest BCUT2D eigenvalue weighted by atomic mass is 127. The summed E-state index contributed by atoms with van der Waals surface area (Å²) in [5.41, 5.74) is -0.263. The number of rotatable bonds is 3. The zero-order valence-electron chi connectivity index (χ0n) is 12.2. The summed E-state index contributed by atoms with van der Waals surface area (Å²) in [5, 5.41) is 11.0. The van der Waals surface area contributed by atoms with Crippen LogP contribution in [0.25, 0.3) is 0 Å². The van der Waals surface area contributed by atoms with Crippen molar-refractivity contribution in [3.63, 3.8) is 0 Å². The van der Waals surface area contributed by atoms with Crippen molar-refractivity contribution < 1.29 is 14.7 Å². The maximum atomic E-state index is 12.5. The van der Waals surface area contributed by atoms with E-state index in [1.807, 2.05) is 12.1 Å². The summed E-state index contributed by atoms with van der Waals surface area (Å²) < 4.78 is 1.77. The molecule has 0 unspecified atom stereocenters. The number of likely N-dealkylation sites (N-methyl/N-ethyl adjacent to an activating group) is 1. The molecule has 0 fully saturated rings. The van der Waals surface area contributed by atoms with Crippen molar-refractivity contribution in [2.75, 3.05) is 11.9 Å². The summed E-state index contributed by atoms with van der Waals surface area (Å²) in [7, 11) is 1.60. The molecule has 2 aromatic carbocycles. The van der Waals surface area contributed by atoms with Gasteiger partial charge in [-0.15, -0.1) is 0 Å². The normalized spacial score (nSPS) is 19.8. The molecule has 0 saturated heterocycles. The van der Waals surface area contributed by atoms with Crippen molar-refractivity contribution in [3.05, 3.63) is 61.6 Å². The second-order valence-electron chi connectivity index (χ2n) is 5.49. The lowest BCUT2D eigenvalue weighted by atomic mass is 9.88. The Morgan fingerprint density at radius 2 is 1.91 bits per heavy atom. The molecule has 0 aliphatic carbocycles. The number of benzene rings is 2. The summed E-state index contributed by atoms with van der Waals surface area (Å²) in [5.74, 6) is -0.747. The number of aliphatic hydroxyl groups is 1. The van der Waals surface area contributed by atoms with E-state index in [9.17, 15) is 14.7 Å². The average Bonchev–Trinajstić information content (AvgIpc) is 2.70. The molecule has 0 spiro atoms. The van der Waals surface area contributed by atoms with Gasteiger partial charge in [-0.2, -0.15) is 0 Å². The number of carbonyl (C=O) groups excluding carboxylic acids is 2. The first-order valence-corrected chi connectivity index (χ1v) is 8.79. The third-order valence-electron chi connectivity index (χ3n) is 4.01. The molecule has 3 rings (SSSR count). The van der Waals surface area contributed by atoms with Gasteiger partial charge in [0.15, 0.2) is 11.4 Å². The second-order valence-corrected chi connectivity index (χ2v) is 7.65. The topological polar surface area (TPSA) is 57.6 Å². The van der Waals surface area contributed by atoms with E-state index in [0.29, 0.717) is 16.8 Å². The molecule has 0 bridgehead atoms.